The monoisotopic (exact) mass is 223 g/mol. The quantitative estimate of drug-likeness (QED) is 0.668. The normalized spacial score (nSPS) is 16.8. The topological polar surface area (TPSA) is 66.4 Å². The SMILES string of the molecule is CC(C)(C)OC(C(C)(C)C)S(=O)(=O)[O-]. The van der Waals surface area contributed by atoms with Crippen molar-refractivity contribution in [3.63, 3.8) is 0 Å². The largest absolute Gasteiger partial charge is 0.746 e. The van der Waals surface area contributed by atoms with Crippen LogP contribution in [0.5, 0.6) is 0 Å². The lowest BCUT2D eigenvalue weighted by molar-refractivity contribution is -0.0668. The first-order chi connectivity index (χ1) is 5.84. The van der Waals surface area contributed by atoms with Crippen LogP contribution in [0.25, 0.3) is 0 Å². The van der Waals surface area contributed by atoms with Crippen molar-refractivity contribution in [3.8, 4) is 0 Å². The molecule has 0 N–H and O–H groups in total. The minimum absolute atomic E-state index is 0.643. The lowest BCUT2D eigenvalue weighted by Crippen LogP contribution is -2.42. The van der Waals surface area contributed by atoms with E-state index in [4.69, 9.17) is 4.74 Å². The van der Waals surface area contributed by atoms with Crippen LogP contribution in [0.2, 0.25) is 0 Å². The maximum absolute atomic E-state index is 11.0. The fraction of sp³-hybridized carbons (Fsp3) is 1.00. The zero-order chi connectivity index (χ0) is 11.8. The second kappa shape index (κ2) is 3.79. The summed E-state index contributed by atoms with van der Waals surface area (Å²) in [6.07, 6.45) is 0. The Bertz CT molecular complexity index is 279. The molecule has 1 unspecified atom stereocenters. The summed E-state index contributed by atoms with van der Waals surface area (Å²) in [6.45, 7) is 10.2. The standard InChI is InChI=1S/C9H20O4S/c1-8(2,3)7(14(10,11)12)13-9(4,5)6/h7H,1-6H3,(H,10,11,12)/p-1. The van der Waals surface area contributed by atoms with Gasteiger partial charge in [0, 0.05) is 5.41 Å². The van der Waals surface area contributed by atoms with Crippen molar-refractivity contribution < 1.29 is 17.7 Å². The molecule has 0 bridgehead atoms. The third kappa shape index (κ3) is 4.93. The highest BCUT2D eigenvalue weighted by Gasteiger charge is 2.34. The Balaban J connectivity index is 4.98. The molecular weight excluding hydrogens is 204 g/mol. The Morgan fingerprint density at radius 3 is 1.50 bits per heavy atom. The van der Waals surface area contributed by atoms with E-state index in [2.05, 4.69) is 0 Å². The second-order valence-electron chi connectivity index (χ2n) is 5.42. The summed E-state index contributed by atoms with van der Waals surface area (Å²) in [5.41, 5.74) is -2.67. The van der Waals surface area contributed by atoms with E-state index in [1.165, 1.54) is 0 Å². The van der Waals surface area contributed by atoms with Gasteiger partial charge < -0.3 is 9.29 Å². The van der Waals surface area contributed by atoms with E-state index in [1.807, 2.05) is 0 Å². The fourth-order valence-corrected chi connectivity index (χ4v) is 2.26. The summed E-state index contributed by atoms with van der Waals surface area (Å²) in [5.74, 6) is 0. The van der Waals surface area contributed by atoms with Gasteiger partial charge in [0.25, 0.3) is 0 Å². The summed E-state index contributed by atoms with van der Waals surface area (Å²) in [4.78, 5) is 0. The van der Waals surface area contributed by atoms with E-state index < -0.39 is 26.6 Å². The van der Waals surface area contributed by atoms with Gasteiger partial charge in [-0.15, -0.1) is 0 Å². The van der Waals surface area contributed by atoms with Crippen molar-refractivity contribution >= 4 is 10.1 Å². The molecule has 0 aromatic carbocycles. The Morgan fingerprint density at radius 1 is 1.07 bits per heavy atom. The molecular formula is C9H19O4S-. The van der Waals surface area contributed by atoms with Gasteiger partial charge in [0.2, 0.25) is 0 Å². The average molecular weight is 223 g/mol. The van der Waals surface area contributed by atoms with Gasteiger partial charge in [0.15, 0.2) is 5.44 Å². The van der Waals surface area contributed by atoms with Gasteiger partial charge >= 0.3 is 0 Å². The molecule has 0 saturated heterocycles. The van der Waals surface area contributed by atoms with Crippen LogP contribution >= 0.6 is 0 Å². The lowest BCUT2D eigenvalue weighted by atomic mass is 9.97. The highest BCUT2D eigenvalue weighted by atomic mass is 32.2. The molecule has 4 nitrogen and oxygen atoms in total. The predicted octanol–water partition coefficient (Wildman–Crippen LogP) is 1.72. The Labute approximate surface area is 86.4 Å². The van der Waals surface area contributed by atoms with E-state index in [-0.39, 0.29) is 0 Å². The smallest absolute Gasteiger partial charge is 0.152 e. The van der Waals surface area contributed by atoms with Crippen LogP contribution in [0.1, 0.15) is 41.5 Å². The molecule has 1 atom stereocenters. The third-order valence-electron chi connectivity index (χ3n) is 1.43. The molecule has 86 valence electrons. The molecule has 0 saturated carbocycles. The van der Waals surface area contributed by atoms with Crippen LogP contribution in [-0.4, -0.2) is 24.0 Å². The number of hydrogen-bond acceptors (Lipinski definition) is 4. The van der Waals surface area contributed by atoms with Crippen molar-refractivity contribution in [2.75, 3.05) is 0 Å². The maximum atomic E-state index is 11.0. The van der Waals surface area contributed by atoms with Crippen LogP contribution in [0.4, 0.5) is 0 Å². The Hall–Kier alpha value is -0.130. The third-order valence-corrected chi connectivity index (χ3v) is 2.76. The highest BCUT2D eigenvalue weighted by Crippen LogP contribution is 2.29. The average Bonchev–Trinajstić information content (AvgIpc) is 1.75. The lowest BCUT2D eigenvalue weighted by Gasteiger charge is -2.37. The van der Waals surface area contributed by atoms with Gasteiger partial charge in [-0.3, -0.25) is 0 Å². The molecule has 0 aromatic rings. The summed E-state index contributed by atoms with van der Waals surface area (Å²) in [6, 6.07) is 0. The molecule has 0 aliphatic carbocycles. The first-order valence-corrected chi connectivity index (χ1v) is 5.94. The van der Waals surface area contributed by atoms with Crippen LogP contribution in [0, 0.1) is 5.41 Å². The molecule has 0 aromatic heterocycles. The molecule has 0 fully saturated rings. The number of hydrogen-bond donors (Lipinski definition) is 0. The first-order valence-electron chi connectivity index (χ1n) is 4.46. The molecule has 0 aliphatic rings. The Morgan fingerprint density at radius 2 is 1.43 bits per heavy atom. The van der Waals surface area contributed by atoms with Crippen LogP contribution in [-0.2, 0) is 14.9 Å². The maximum Gasteiger partial charge on any atom is 0.152 e. The van der Waals surface area contributed by atoms with Crippen molar-refractivity contribution in [1.82, 2.24) is 0 Å². The molecule has 0 aliphatic heterocycles. The summed E-state index contributed by atoms with van der Waals surface area (Å²) < 4.78 is 38.2. The van der Waals surface area contributed by atoms with Crippen molar-refractivity contribution in [2.45, 2.75) is 52.6 Å². The van der Waals surface area contributed by atoms with Crippen molar-refractivity contribution in [3.05, 3.63) is 0 Å². The molecule has 0 heterocycles. The second-order valence-corrected chi connectivity index (χ2v) is 6.83. The first kappa shape index (κ1) is 13.9. The molecule has 14 heavy (non-hydrogen) atoms. The minimum atomic E-state index is -4.43. The van der Waals surface area contributed by atoms with Crippen LogP contribution in [0.15, 0.2) is 0 Å². The van der Waals surface area contributed by atoms with Crippen LogP contribution in [0.3, 0.4) is 0 Å². The molecule has 0 amide bonds. The highest BCUT2D eigenvalue weighted by molar-refractivity contribution is 7.86. The summed E-state index contributed by atoms with van der Waals surface area (Å²) >= 11 is 0. The van der Waals surface area contributed by atoms with Gasteiger partial charge in [-0.2, -0.15) is 0 Å². The molecule has 5 heteroatoms. The minimum Gasteiger partial charge on any atom is -0.746 e. The van der Waals surface area contributed by atoms with Crippen molar-refractivity contribution in [1.29, 1.82) is 0 Å². The van der Waals surface area contributed by atoms with Gasteiger partial charge in [-0.1, -0.05) is 20.8 Å². The van der Waals surface area contributed by atoms with Crippen molar-refractivity contribution in [2.24, 2.45) is 5.41 Å². The fourth-order valence-electron chi connectivity index (χ4n) is 0.990. The Kier molecular flexibility index (Phi) is 3.76. The van der Waals surface area contributed by atoms with Gasteiger partial charge in [0.05, 0.1) is 5.60 Å². The molecule has 0 radical (unpaired) electrons. The summed E-state index contributed by atoms with van der Waals surface area (Å²) in [5, 5.41) is 0. The summed E-state index contributed by atoms with van der Waals surface area (Å²) in [7, 11) is -4.43. The predicted molar refractivity (Wildman–Crippen MR) is 53.8 cm³/mol. The van der Waals surface area contributed by atoms with Crippen LogP contribution < -0.4 is 0 Å². The van der Waals surface area contributed by atoms with E-state index >= 15 is 0 Å². The van der Waals surface area contributed by atoms with E-state index in [0.29, 0.717) is 0 Å². The number of rotatable bonds is 2. The molecule has 0 spiro atoms. The molecule has 0 rings (SSSR count). The van der Waals surface area contributed by atoms with E-state index in [9.17, 15) is 13.0 Å². The van der Waals surface area contributed by atoms with Gasteiger partial charge in [0.1, 0.15) is 10.1 Å². The number of ether oxygens (including phenoxy) is 1. The van der Waals surface area contributed by atoms with E-state index in [1.54, 1.807) is 41.5 Å². The zero-order valence-electron chi connectivity index (χ0n) is 9.62. The van der Waals surface area contributed by atoms with E-state index in [0.717, 1.165) is 0 Å². The van der Waals surface area contributed by atoms with Gasteiger partial charge in [-0.05, 0) is 20.8 Å². The van der Waals surface area contributed by atoms with Gasteiger partial charge in [-0.25, -0.2) is 8.42 Å². The zero-order valence-corrected chi connectivity index (χ0v) is 10.4.